The van der Waals surface area contributed by atoms with Gasteiger partial charge in [-0.3, -0.25) is 0 Å². The zero-order chi connectivity index (χ0) is 19.1. The maximum Gasteiger partial charge on any atom is 0.130 e. The Morgan fingerprint density at radius 3 is 2.11 bits per heavy atom. The molecule has 0 saturated carbocycles. The number of rotatable bonds is 5. The lowest BCUT2D eigenvalue weighted by atomic mass is 9.96. The fourth-order valence-corrected chi connectivity index (χ4v) is 3.41. The van der Waals surface area contributed by atoms with Gasteiger partial charge in [-0.15, -0.1) is 0 Å². The second-order valence-corrected chi connectivity index (χ2v) is 7.31. The van der Waals surface area contributed by atoms with Crippen molar-refractivity contribution in [3.8, 4) is 11.8 Å². The third-order valence-electron chi connectivity index (χ3n) is 4.77. The Bertz CT molecular complexity index is 806. The minimum absolute atomic E-state index is 0.254. The number of hydrogen-bond donors (Lipinski definition) is 0. The average molecular weight is 361 g/mol. The minimum Gasteiger partial charge on any atom is -0.378 e. The molecule has 3 nitrogen and oxygen atoms in total. The third kappa shape index (κ3) is 5.98. The van der Waals surface area contributed by atoms with E-state index in [0.29, 0.717) is 12.3 Å². The lowest BCUT2D eigenvalue weighted by Crippen LogP contribution is -2.36. The molecule has 0 aromatic heterocycles. The van der Waals surface area contributed by atoms with Crippen LogP contribution in [0.5, 0.6) is 0 Å². The average Bonchev–Trinajstić information content (AvgIpc) is 2.68. The van der Waals surface area contributed by atoms with Crippen LogP contribution in [0, 0.1) is 17.8 Å². The fourth-order valence-electron chi connectivity index (χ4n) is 3.41. The number of morpholine rings is 1. The zero-order valence-corrected chi connectivity index (χ0v) is 16.2. The van der Waals surface area contributed by atoms with E-state index >= 15 is 0 Å². The van der Waals surface area contributed by atoms with Gasteiger partial charge in [0.05, 0.1) is 13.2 Å². The number of hydrogen-bond acceptors (Lipinski definition) is 3. The molecule has 1 fully saturated rings. The fraction of sp³-hybridized carbons (Fsp3) is 0.375. The van der Waals surface area contributed by atoms with Gasteiger partial charge < -0.3 is 14.4 Å². The number of carbonyl (C=O) groups excluding carboxylic acids is 1. The number of ether oxygens (including phenoxy) is 1. The Balaban J connectivity index is 1.59. The van der Waals surface area contributed by atoms with Crippen LogP contribution in [0.25, 0.3) is 0 Å². The van der Waals surface area contributed by atoms with Crippen molar-refractivity contribution in [2.75, 3.05) is 31.2 Å². The van der Waals surface area contributed by atoms with Gasteiger partial charge >= 0.3 is 0 Å². The van der Waals surface area contributed by atoms with Gasteiger partial charge in [0.2, 0.25) is 0 Å². The van der Waals surface area contributed by atoms with Crippen molar-refractivity contribution in [1.82, 2.24) is 0 Å². The predicted molar refractivity (Wildman–Crippen MR) is 110 cm³/mol. The molecule has 1 aliphatic rings. The number of ketones is 1. The van der Waals surface area contributed by atoms with E-state index in [1.807, 2.05) is 0 Å². The summed E-state index contributed by atoms with van der Waals surface area (Å²) in [6, 6.07) is 16.8. The smallest absolute Gasteiger partial charge is 0.130 e. The summed E-state index contributed by atoms with van der Waals surface area (Å²) in [6.45, 7) is 7.26. The Morgan fingerprint density at radius 2 is 1.56 bits per heavy atom. The second-order valence-electron chi connectivity index (χ2n) is 7.31. The van der Waals surface area contributed by atoms with Crippen LogP contribution in [0.4, 0.5) is 5.69 Å². The summed E-state index contributed by atoms with van der Waals surface area (Å²) >= 11 is 0. The molecule has 1 aliphatic heterocycles. The molecule has 2 aromatic rings. The Labute approximate surface area is 162 Å². The highest BCUT2D eigenvalue weighted by atomic mass is 16.5. The predicted octanol–water partition coefficient (Wildman–Crippen LogP) is 4.08. The van der Waals surface area contributed by atoms with E-state index in [0.717, 1.165) is 43.9 Å². The van der Waals surface area contributed by atoms with Gasteiger partial charge in [-0.1, -0.05) is 30.9 Å². The molecule has 0 amide bonds. The number of anilines is 1. The molecular formula is C24H27NO2. The number of carbonyl (C=O) groups is 1. The summed E-state index contributed by atoms with van der Waals surface area (Å²) in [5, 5.41) is 0. The van der Waals surface area contributed by atoms with Crippen molar-refractivity contribution in [1.29, 1.82) is 0 Å². The molecule has 1 unspecified atom stereocenters. The largest absolute Gasteiger partial charge is 0.378 e. The number of nitrogens with zero attached hydrogens (tertiary/aromatic N) is 1. The van der Waals surface area contributed by atoms with E-state index in [-0.39, 0.29) is 5.78 Å². The summed E-state index contributed by atoms with van der Waals surface area (Å²) in [5.41, 5.74) is 4.51. The summed E-state index contributed by atoms with van der Waals surface area (Å²) in [5.74, 6) is 7.11. The first-order chi connectivity index (χ1) is 13.1. The van der Waals surface area contributed by atoms with Gasteiger partial charge in [0, 0.05) is 36.3 Å². The first kappa shape index (κ1) is 19.2. The van der Waals surface area contributed by atoms with Crippen LogP contribution in [0.15, 0.2) is 48.5 Å². The summed E-state index contributed by atoms with van der Waals surface area (Å²) in [6.07, 6.45) is 1.57. The van der Waals surface area contributed by atoms with Gasteiger partial charge in [0.25, 0.3) is 0 Å². The molecule has 2 aromatic carbocycles. The Hall–Kier alpha value is -2.57. The summed E-state index contributed by atoms with van der Waals surface area (Å²) in [4.78, 5) is 13.5. The lowest BCUT2D eigenvalue weighted by molar-refractivity contribution is -0.117. The summed E-state index contributed by atoms with van der Waals surface area (Å²) < 4.78 is 5.40. The minimum atomic E-state index is 0.254. The Kier molecular flexibility index (Phi) is 6.68. The molecule has 0 bridgehead atoms. The SMILES string of the molecule is CC(=O)CC(C)Cc1ccc(C#Cc2ccc(N3CCOCC3)cc2)cc1. The van der Waals surface area contributed by atoms with E-state index in [1.165, 1.54) is 11.3 Å². The molecule has 1 saturated heterocycles. The van der Waals surface area contributed by atoms with E-state index in [2.05, 4.69) is 72.2 Å². The molecule has 3 rings (SSSR count). The van der Waals surface area contributed by atoms with Crippen LogP contribution in [0.2, 0.25) is 0 Å². The highest BCUT2D eigenvalue weighted by Gasteiger charge is 2.10. The van der Waals surface area contributed by atoms with Crippen LogP contribution in [0.3, 0.4) is 0 Å². The van der Waals surface area contributed by atoms with Crippen LogP contribution in [0.1, 0.15) is 37.0 Å². The monoisotopic (exact) mass is 361 g/mol. The summed E-state index contributed by atoms with van der Waals surface area (Å²) in [7, 11) is 0. The molecular weight excluding hydrogens is 334 g/mol. The molecule has 27 heavy (non-hydrogen) atoms. The Morgan fingerprint density at radius 1 is 1.00 bits per heavy atom. The molecule has 3 heteroatoms. The maximum absolute atomic E-state index is 11.2. The van der Waals surface area contributed by atoms with E-state index in [1.54, 1.807) is 6.92 Å². The van der Waals surface area contributed by atoms with Crippen molar-refractivity contribution < 1.29 is 9.53 Å². The number of Topliss-reactive ketones (excluding diaryl/α,β-unsaturated/α-hetero) is 1. The van der Waals surface area contributed by atoms with E-state index in [9.17, 15) is 4.79 Å². The van der Waals surface area contributed by atoms with Crippen LogP contribution >= 0.6 is 0 Å². The molecule has 0 N–H and O–H groups in total. The topological polar surface area (TPSA) is 29.5 Å². The molecule has 0 radical (unpaired) electrons. The van der Waals surface area contributed by atoms with E-state index in [4.69, 9.17) is 4.74 Å². The molecule has 0 aliphatic carbocycles. The van der Waals surface area contributed by atoms with Gasteiger partial charge in [-0.2, -0.15) is 0 Å². The highest BCUT2D eigenvalue weighted by Crippen LogP contribution is 2.17. The van der Waals surface area contributed by atoms with Gasteiger partial charge in [0.1, 0.15) is 5.78 Å². The van der Waals surface area contributed by atoms with Gasteiger partial charge in [-0.05, 0) is 61.2 Å². The molecule has 1 heterocycles. The first-order valence-electron chi connectivity index (χ1n) is 9.63. The van der Waals surface area contributed by atoms with Gasteiger partial charge in [0.15, 0.2) is 0 Å². The van der Waals surface area contributed by atoms with E-state index < -0.39 is 0 Å². The van der Waals surface area contributed by atoms with Crippen LogP contribution < -0.4 is 4.90 Å². The van der Waals surface area contributed by atoms with Gasteiger partial charge in [-0.25, -0.2) is 0 Å². The van der Waals surface area contributed by atoms with Crippen LogP contribution in [-0.2, 0) is 16.0 Å². The standard InChI is InChI=1S/C24H27NO2/c1-19(17-20(2)26)18-23-7-5-21(6-8-23)3-4-22-9-11-24(12-10-22)25-13-15-27-16-14-25/h5-12,19H,13-18H2,1-2H3. The van der Waals surface area contributed by atoms with Crippen molar-refractivity contribution in [3.63, 3.8) is 0 Å². The maximum atomic E-state index is 11.2. The zero-order valence-electron chi connectivity index (χ0n) is 16.2. The number of benzene rings is 2. The highest BCUT2D eigenvalue weighted by molar-refractivity contribution is 5.75. The van der Waals surface area contributed by atoms with Crippen molar-refractivity contribution in [3.05, 3.63) is 65.2 Å². The van der Waals surface area contributed by atoms with Crippen molar-refractivity contribution in [2.24, 2.45) is 5.92 Å². The van der Waals surface area contributed by atoms with Crippen molar-refractivity contribution in [2.45, 2.75) is 26.7 Å². The van der Waals surface area contributed by atoms with Crippen LogP contribution in [-0.4, -0.2) is 32.1 Å². The lowest BCUT2D eigenvalue weighted by Gasteiger charge is -2.28. The molecule has 0 spiro atoms. The third-order valence-corrected chi connectivity index (χ3v) is 4.77. The molecule has 1 atom stereocenters. The van der Waals surface area contributed by atoms with Crippen molar-refractivity contribution >= 4 is 11.5 Å². The quantitative estimate of drug-likeness (QED) is 0.752. The first-order valence-corrected chi connectivity index (χ1v) is 9.63. The normalized spacial score (nSPS) is 15.0. The molecule has 140 valence electrons. The second kappa shape index (κ2) is 9.39.